The molecule has 1 aromatic rings. The van der Waals surface area contributed by atoms with Gasteiger partial charge in [-0.05, 0) is 22.7 Å². The quantitative estimate of drug-likeness (QED) is 0.595. The molecular weight excluding hydrogens is 224 g/mol. The second kappa shape index (κ2) is 5.13. The number of aliphatic hydroxyl groups is 1. The van der Waals surface area contributed by atoms with Crippen LogP contribution in [0.3, 0.4) is 0 Å². The molecule has 0 amide bonds. The molecule has 0 bridgehead atoms. The average molecular weight is 242 g/mol. The summed E-state index contributed by atoms with van der Waals surface area (Å²) in [5.41, 5.74) is 0. The number of aliphatic hydroxyl groups excluding tert-OH is 1. The molecule has 0 aromatic carbocycles. The Hall–Kier alpha value is -1.63. The topological polar surface area (TPSA) is 93.2 Å². The molecule has 7 heteroatoms. The van der Waals surface area contributed by atoms with Crippen LogP contribution in [0.2, 0.25) is 0 Å². The average Bonchev–Trinajstić information content (AvgIpc) is 2.56. The van der Waals surface area contributed by atoms with Crippen LogP contribution in [-0.2, 0) is 7.05 Å². The lowest BCUT2D eigenvalue weighted by atomic mass is 10.1. The Morgan fingerprint density at radius 2 is 2.18 bits per heavy atom. The standard InChI is InChI=1S/C10H18N4O3/c1-6(5-15)7(2)11-9-10(14(16)17)12-8(3)13(9)4/h6-7,11,15H,5H2,1-4H3. The minimum Gasteiger partial charge on any atom is -0.396 e. The van der Waals surface area contributed by atoms with Crippen LogP contribution in [0.15, 0.2) is 0 Å². The van der Waals surface area contributed by atoms with E-state index in [1.54, 1.807) is 18.5 Å². The Kier molecular flexibility index (Phi) is 4.06. The molecule has 2 N–H and O–H groups in total. The van der Waals surface area contributed by atoms with E-state index in [4.69, 9.17) is 5.11 Å². The van der Waals surface area contributed by atoms with Gasteiger partial charge in [0.05, 0.1) is 0 Å². The van der Waals surface area contributed by atoms with Crippen LogP contribution in [0.4, 0.5) is 11.6 Å². The van der Waals surface area contributed by atoms with Crippen molar-refractivity contribution in [2.24, 2.45) is 13.0 Å². The number of hydrogen-bond donors (Lipinski definition) is 2. The Morgan fingerprint density at radius 3 is 2.65 bits per heavy atom. The van der Waals surface area contributed by atoms with E-state index in [1.165, 1.54) is 0 Å². The molecule has 0 aliphatic heterocycles. The van der Waals surface area contributed by atoms with Crippen molar-refractivity contribution >= 4 is 11.6 Å². The predicted octanol–water partition coefficient (Wildman–Crippen LogP) is 1.07. The summed E-state index contributed by atoms with van der Waals surface area (Å²) < 4.78 is 1.64. The number of rotatable bonds is 5. The molecular formula is C10H18N4O3. The predicted molar refractivity (Wildman–Crippen MR) is 63.9 cm³/mol. The Morgan fingerprint density at radius 1 is 1.59 bits per heavy atom. The van der Waals surface area contributed by atoms with Crippen LogP contribution < -0.4 is 5.32 Å². The lowest BCUT2D eigenvalue weighted by molar-refractivity contribution is -0.388. The molecule has 0 radical (unpaired) electrons. The van der Waals surface area contributed by atoms with Gasteiger partial charge in [0.25, 0.3) is 0 Å². The number of anilines is 1. The van der Waals surface area contributed by atoms with Crippen molar-refractivity contribution in [1.82, 2.24) is 9.55 Å². The van der Waals surface area contributed by atoms with E-state index in [0.29, 0.717) is 11.6 Å². The van der Waals surface area contributed by atoms with Gasteiger partial charge in [-0.2, -0.15) is 0 Å². The molecule has 1 rings (SSSR count). The number of nitrogens with zero attached hydrogens (tertiary/aromatic N) is 3. The minimum absolute atomic E-state index is 0.00445. The van der Waals surface area contributed by atoms with Gasteiger partial charge in [-0.15, -0.1) is 0 Å². The van der Waals surface area contributed by atoms with E-state index in [0.717, 1.165) is 0 Å². The summed E-state index contributed by atoms with van der Waals surface area (Å²) in [5.74, 6) is 0.773. The highest BCUT2D eigenvalue weighted by Crippen LogP contribution is 2.25. The van der Waals surface area contributed by atoms with Crippen LogP contribution in [0.1, 0.15) is 19.7 Å². The van der Waals surface area contributed by atoms with Crippen LogP contribution in [-0.4, -0.2) is 32.2 Å². The number of hydrogen-bond acceptors (Lipinski definition) is 5. The third kappa shape index (κ3) is 2.73. The zero-order valence-electron chi connectivity index (χ0n) is 10.5. The molecule has 7 nitrogen and oxygen atoms in total. The van der Waals surface area contributed by atoms with Crippen molar-refractivity contribution in [3.8, 4) is 0 Å². The van der Waals surface area contributed by atoms with Crippen LogP contribution in [0, 0.1) is 23.0 Å². The lowest BCUT2D eigenvalue weighted by Gasteiger charge is -2.19. The first-order chi connectivity index (χ1) is 7.88. The Balaban J connectivity index is 3.01. The van der Waals surface area contributed by atoms with Crippen molar-refractivity contribution < 1.29 is 10.0 Å². The fourth-order valence-electron chi connectivity index (χ4n) is 1.40. The third-order valence-electron chi connectivity index (χ3n) is 2.98. The zero-order valence-corrected chi connectivity index (χ0v) is 10.5. The smallest absolute Gasteiger partial charge is 0.396 e. The monoisotopic (exact) mass is 242 g/mol. The highest BCUT2D eigenvalue weighted by molar-refractivity contribution is 5.54. The maximum atomic E-state index is 10.8. The first-order valence-corrected chi connectivity index (χ1v) is 5.43. The van der Waals surface area contributed by atoms with Crippen molar-refractivity contribution in [1.29, 1.82) is 0 Å². The first kappa shape index (κ1) is 13.4. The van der Waals surface area contributed by atoms with E-state index < -0.39 is 4.92 Å². The molecule has 0 saturated heterocycles. The third-order valence-corrected chi connectivity index (χ3v) is 2.98. The maximum Gasteiger partial charge on any atom is 0.406 e. The molecule has 0 saturated carbocycles. The largest absolute Gasteiger partial charge is 0.406 e. The van der Waals surface area contributed by atoms with E-state index in [2.05, 4.69) is 10.3 Å². The summed E-state index contributed by atoms with van der Waals surface area (Å²) in [6.07, 6.45) is 0. The summed E-state index contributed by atoms with van der Waals surface area (Å²) in [5, 5.41) is 22.9. The van der Waals surface area contributed by atoms with Crippen molar-refractivity contribution in [2.75, 3.05) is 11.9 Å². The zero-order chi connectivity index (χ0) is 13.2. The fraction of sp³-hybridized carbons (Fsp3) is 0.700. The lowest BCUT2D eigenvalue weighted by Crippen LogP contribution is -2.27. The molecule has 17 heavy (non-hydrogen) atoms. The van der Waals surface area contributed by atoms with Gasteiger partial charge < -0.3 is 20.5 Å². The van der Waals surface area contributed by atoms with Gasteiger partial charge in [-0.25, -0.2) is 0 Å². The van der Waals surface area contributed by atoms with E-state index in [1.807, 2.05) is 13.8 Å². The van der Waals surface area contributed by atoms with E-state index in [9.17, 15) is 10.1 Å². The van der Waals surface area contributed by atoms with E-state index >= 15 is 0 Å². The number of nitrogens with one attached hydrogen (secondary N) is 1. The summed E-state index contributed by atoms with van der Waals surface area (Å²) in [4.78, 5) is 14.2. The molecule has 0 spiro atoms. The van der Waals surface area contributed by atoms with Crippen molar-refractivity contribution in [3.05, 3.63) is 15.9 Å². The van der Waals surface area contributed by atoms with Crippen molar-refractivity contribution in [2.45, 2.75) is 26.8 Å². The highest BCUT2D eigenvalue weighted by atomic mass is 16.6. The van der Waals surface area contributed by atoms with Crippen LogP contribution in [0.25, 0.3) is 0 Å². The second-order valence-electron chi connectivity index (χ2n) is 4.24. The fourth-order valence-corrected chi connectivity index (χ4v) is 1.40. The van der Waals surface area contributed by atoms with Gasteiger partial charge >= 0.3 is 5.82 Å². The maximum absolute atomic E-state index is 10.8. The molecule has 2 unspecified atom stereocenters. The normalized spacial score (nSPS) is 14.4. The van der Waals surface area contributed by atoms with Crippen LogP contribution >= 0.6 is 0 Å². The second-order valence-corrected chi connectivity index (χ2v) is 4.24. The van der Waals surface area contributed by atoms with Crippen molar-refractivity contribution in [3.63, 3.8) is 0 Å². The van der Waals surface area contributed by atoms with E-state index in [-0.39, 0.29) is 24.4 Å². The molecule has 1 heterocycles. The summed E-state index contributed by atoms with van der Waals surface area (Å²) in [7, 11) is 1.72. The molecule has 96 valence electrons. The number of imidazole rings is 1. The first-order valence-electron chi connectivity index (χ1n) is 5.43. The van der Waals surface area contributed by atoms with Gasteiger partial charge in [-0.1, -0.05) is 6.92 Å². The Labute approximate surface area is 99.6 Å². The number of nitro groups is 1. The molecule has 0 aliphatic carbocycles. The number of aryl methyl sites for hydroxylation is 1. The van der Waals surface area contributed by atoms with Gasteiger partial charge in [0.15, 0.2) is 0 Å². The minimum atomic E-state index is -0.508. The Bertz CT molecular complexity index is 416. The van der Waals surface area contributed by atoms with Gasteiger partial charge in [0.2, 0.25) is 11.6 Å². The van der Waals surface area contributed by atoms with Gasteiger partial charge in [0, 0.05) is 26.6 Å². The molecule has 0 aliphatic rings. The molecule has 0 fully saturated rings. The number of aromatic nitrogens is 2. The highest BCUT2D eigenvalue weighted by Gasteiger charge is 2.25. The molecule has 2 atom stereocenters. The summed E-state index contributed by atoms with van der Waals surface area (Å²) in [6.45, 7) is 5.47. The van der Waals surface area contributed by atoms with Gasteiger partial charge in [0.1, 0.15) is 0 Å². The SMILES string of the molecule is Cc1nc([N+](=O)[O-])c(NC(C)C(C)CO)n1C. The van der Waals surface area contributed by atoms with Gasteiger partial charge in [-0.3, -0.25) is 4.57 Å². The summed E-state index contributed by atoms with van der Waals surface area (Å²) in [6, 6.07) is -0.0755. The molecule has 1 aromatic heterocycles. The van der Waals surface area contributed by atoms with Crippen LogP contribution in [0.5, 0.6) is 0 Å². The summed E-state index contributed by atoms with van der Waals surface area (Å²) >= 11 is 0.